The number of nitrogens with one attached hydrogen (secondary N) is 1. The maximum Gasteiger partial charge on any atom is 0.304 e. The molecule has 0 aliphatic heterocycles. The van der Waals surface area contributed by atoms with E-state index in [-0.39, 0.29) is 18.7 Å². The smallest absolute Gasteiger partial charge is 0.304 e. The molecular weight excluding hydrogens is 314 g/mol. The standard InChI is InChI=1S/C13H14BrNO4/c1-8(16)7-15-13(19)11(6-12(17)18)9-3-2-4-10(14)5-9/h2-5,11H,6-7H2,1H3,(H,15,19)(H,17,18). The van der Waals surface area contributed by atoms with Gasteiger partial charge in [0.05, 0.1) is 18.9 Å². The first-order valence-corrected chi connectivity index (χ1v) is 6.44. The molecule has 1 unspecified atom stereocenters. The number of carboxylic acids is 1. The van der Waals surface area contributed by atoms with Gasteiger partial charge in [-0.15, -0.1) is 0 Å². The normalized spacial score (nSPS) is 11.7. The Morgan fingerprint density at radius 3 is 2.58 bits per heavy atom. The first kappa shape index (κ1) is 15.4. The second kappa shape index (κ2) is 7.04. The number of carboxylic acid groups (broad SMARTS) is 1. The lowest BCUT2D eigenvalue weighted by atomic mass is 9.95. The van der Waals surface area contributed by atoms with E-state index in [1.165, 1.54) is 6.92 Å². The van der Waals surface area contributed by atoms with Gasteiger partial charge in [-0.2, -0.15) is 0 Å². The van der Waals surface area contributed by atoms with Crippen molar-refractivity contribution in [2.45, 2.75) is 19.3 Å². The van der Waals surface area contributed by atoms with E-state index in [9.17, 15) is 14.4 Å². The van der Waals surface area contributed by atoms with Crippen LogP contribution in [0.15, 0.2) is 28.7 Å². The number of ketones is 1. The summed E-state index contributed by atoms with van der Waals surface area (Å²) in [7, 11) is 0. The second-order valence-electron chi connectivity index (χ2n) is 4.13. The molecule has 0 saturated carbocycles. The summed E-state index contributed by atoms with van der Waals surface area (Å²) in [6, 6.07) is 6.90. The molecule has 1 aromatic rings. The zero-order valence-corrected chi connectivity index (χ0v) is 11.9. The van der Waals surface area contributed by atoms with Crippen molar-refractivity contribution in [3.05, 3.63) is 34.3 Å². The molecule has 0 spiro atoms. The van der Waals surface area contributed by atoms with Crippen LogP contribution in [-0.4, -0.2) is 29.3 Å². The third-order valence-electron chi connectivity index (χ3n) is 2.46. The number of rotatable bonds is 6. The van der Waals surface area contributed by atoms with Crippen LogP contribution in [0.1, 0.15) is 24.8 Å². The van der Waals surface area contributed by atoms with Gasteiger partial charge in [0.2, 0.25) is 5.91 Å². The highest BCUT2D eigenvalue weighted by Gasteiger charge is 2.23. The Labute approximate surface area is 119 Å². The summed E-state index contributed by atoms with van der Waals surface area (Å²) in [4.78, 5) is 33.6. The minimum atomic E-state index is -1.07. The van der Waals surface area contributed by atoms with Crippen molar-refractivity contribution >= 4 is 33.6 Å². The van der Waals surface area contributed by atoms with Gasteiger partial charge in [0.1, 0.15) is 5.78 Å². The number of aliphatic carboxylic acids is 1. The molecule has 1 aromatic carbocycles. The van der Waals surface area contributed by atoms with Gasteiger partial charge in [-0.05, 0) is 24.6 Å². The summed E-state index contributed by atoms with van der Waals surface area (Å²) in [5.41, 5.74) is 0.595. The molecule has 0 saturated heterocycles. The van der Waals surface area contributed by atoms with E-state index in [1.807, 2.05) is 0 Å². The van der Waals surface area contributed by atoms with Gasteiger partial charge < -0.3 is 10.4 Å². The van der Waals surface area contributed by atoms with Crippen LogP contribution in [-0.2, 0) is 14.4 Å². The van der Waals surface area contributed by atoms with Gasteiger partial charge in [0.15, 0.2) is 0 Å². The SMILES string of the molecule is CC(=O)CNC(=O)C(CC(=O)O)c1cccc(Br)c1. The van der Waals surface area contributed by atoms with E-state index in [0.717, 1.165) is 4.47 Å². The van der Waals surface area contributed by atoms with E-state index < -0.39 is 17.8 Å². The van der Waals surface area contributed by atoms with Crippen molar-refractivity contribution in [1.29, 1.82) is 0 Å². The molecule has 0 aliphatic rings. The number of Topliss-reactive ketones (excluding diaryl/α,β-unsaturated/α-hetero) is 1. The number of hydrogen-bond acceptors (Lipinski definition) is 3. The van der Waals surface area contributed by atoms with Crippen molar-refractivity contribution < 1.29 is 19.5 Å². The van der Waals surface area contributed by atoms with Crippen LogP contribution in [0.5, 0.6) is 0 Å². The third kappa shape index (κ3) is 5.21. The van der Waals surface area contributed by atoms with Crippen LogP contribution in [0.2, 0.25) is 0 Å². The van der Waals surface area contributed by atoms with Crippen molar-refractivity contribution in [3.63, 3.8) is 0 Å². The quantitative estimate of drug-likeness (QED) is 0.833. The molecule has 1 rings (SSSR count). The summed E-state index contributed by atoms with van der Waals surface area (Å²) in [6.45, 7) is 1.26. The highest BCUT2D eigenvalue weighted by molar-refractivity contribution is 9.10. The molecule has 0 aliphatic carbocycles. The molecule has 5 nitrogen and oxygen atoms in total. The largest absolute Gasteiger partial charge is 0.481 e. The second-order valence-corrected chi connectivity index (χ2v) is 5.04. The lowest BCUT2D eigenvalue weighted by Gasteiger charge is -2.15. The Morgan fingerprint density at radius 2 is 2.05 bits per heavy atom. The van der Waals surface area contributed by atoms with Crippen molar-refractivity contribution in [3.8, 4) is 0 Å². The number of carbonyl (C=O) groups excluding carboxylic acids is 2. The average molecular weight is 328 g/mol. The van der Waals surface area contributed by atoms with Gasteiger partial charge in [-0.1, -0.05) is 28.1 Å². The van der Waals surface area contributed by atoms with Crippen LogP contribution >= 0.6 is 15.9 Å². The maximum absolute atomic E-state index is 12.0. The predicted molar refractivity (Wildman–Crippen MR) is 72.8 cm³/mol. The monoisotopic (exact) mass is 327 g/mol. The van der Waals surface area contributed by atoms with Gasteiger partial charge >= 0.3 is 5.97 Å². The van der Waals surface area contributed by atoms with Crippen LogP contribution in [0.3, 0.4) is 0 Å². The van der Waals surface area contributed by atoms with Crippen molar-refractivity contribution in [2.75, 3.05) is 6.54 Å². The van der Waals surface area contributed by atoms with E-state index in [0.29, 0.717) is 5.56 Å². The summed E-state index contributed by atoms with van der Waals surface area (Å²) < 4.78 is 0.764. The fourth-order valence-electron chi connectivity index (χ4n) is 1.59. The summed E-state index contributed by atoms with van der Waals surface area (Å²) >= 11 is 3.27. The van der Waals surface area contributed by atoms with Crippen LogP contribution in [0.25, 0.3) is 0 Å². The Kier molecular flexibility index (Phi) is 5.69. The molecule has 0 aromatic heterocycles. The Hall–Kier alpha value is -1.69. The van der Waals surface area contributed by atoms with Crippen LogP contribution < -0.4 is 5.32 Å². The first-order valence-electron chi connectivity index (χ1n) is 5.64. The summed E-state index contributed by atoms with van der Waals surface area (Å²) in [6.07, 6.45) is -0.319. The number of benzene rings is 1. The summed E-state index contributed by atoms with van der Waals surface area (Å²) in [5, 5.41) is 11.3. The Bertz CT molecular complexity index is 501. The molecular formula is C13H14BrNO4. The molecule has 0 fully saturated rings. The van der Waals surface area contributed by atoms with Crippen molar-refractivity contribution in [2.24, 2.45) is 0 Å². The highest BCUT2D eigenvalue weighted by Crippen LogP contribution is 2.23. The van der Waals surface area contributed by atoms with Crippen LogP contribution in [0, 0.1) is 0 Å². The molecule has 1 atom stereocenters. The van der Waals surface area contributed by atoms with Gasteiger partial charge in [0.25, 0.3) is 0 Å². The lowest BCUT2D eigenvalue weighted by molar-refractivity contribution is -0.139. The van der Waals surface area contributed by atoms with E-state index in [4.69, 9.17) is 5.11 Å². The van der Waals surface area contributed by atoms with Gasteiger partial charge in [0, 0.05) is 4.47 Å². The first-order chi connectivity index (χ1) is 8.90. The molecule has 0 radical (unpaired) electrons. The van der Waals surface area contributed by atoms with E-state index >= 15 is 0 Å². The number of hydrogen-bond donors (Lipinski definition) is 2. The highest BCUT2D eigenvalue weighted by atomic mass is 79.9. The maximum atomic E-state index is 12.0. The predicted octanol–water partition coefficient (Wildman–Crippen LogP) is 1.71. The number of halogens is 1. The Morgan fingerprint density at radius 1 is 1.37 bits per heavy atom. The van der Waals surface area contributed by atoms with Crippen molar-refractivity contribution in [1.82, 2.24) is 5.32 Å². The topological polar surface area (TPSA) is 83.5 Å². The molecule has 0 bridgehead atoms. The molecule has 19 heavy (non-hydrogen) atoms. The minimum Gasteiger partial charge on any atom is -0.481 e. The van der Waals surface area contributed by atoms with E-state index in [2.05, 4.69) is 21.2 Å². The zero-order valence-electron chi connectivity index (χ0n) is 10.4. The molecule has 6 heteroatoms. The minimum absolute atomic E-state index is 0.0943. The lowest BCUT2D eigenvalue weighted by Crippen LogP contribution is -2.33. The Balaban J connectivity index is 2.91. The average Bonchev–Trinajstić information content (AvgIpc) is 2.32. The number of amides is 1. The molecule has 102 valence electrons. The van der Waals surface area contributed by atoms with E-state index in [1.54, 1.807) is 24.3 Å². The number of carbonyl (C=O) groups is 3. The summed E-state index contributed by atoms with van der Waals surface area (Å²) in [5.74, 6) is -2.52. The van der Waals surface area contributed by atoms with Gasteiger partial charge in [-0.3, -0.25) is 14.4 Å². The third-order valence-corrected chi connectivity index (χ3v) is 2.95. The molecule has 2 N–H and O–H groups in total. The molecule has 0 heterocycles. The zero-order chi connectivity index (χ0) is 14.4. The fourth-order valence-corrected chi connectivity index (χ4v) is 2.01. The van der Waals surface area contributed by atoms with Gasteiger partial charge in [-0.25, -0.2) is 0 Å². The molecule has 1 amide bonds. The fraction of sp³-hybridized carbons (Fsp3) is 0.308. The van der Waals surface area contributed by atoms with Crippen LogP contribution in [0.4, 0.5) is 0 Å².